The van der Waals surface area contributed by atoms with Gasteiger partial charge in [0, 0.05) is 39.6 Å². The van der Waals surface area contributed by atoms with Gasteiger partial charge in [0.05, 0.1) is 0 Å². The van der Waals surface area contributed by atoms with Crippen molar-refractivity contribution in [3.05, 3.63) is 30.3 Å². The van der Waals surface area contributed by atoms with Crippen molar-refractivity contribution < 1.29 is 37.5 Å². The Morgan fingerprint density at radius 2 is 2.36 bits per heavy atom. The van der Waals surface area contributed by atoms with E-state index in [1.807, 2.05) is 12.1 Å². The van der Waals surface area contributed by atoms with Gasteiger partial charge in [-0.1, -0.05) is 5.69 Å². The average molecular weight is 223 g/mol. The topological polar surface area (TPSA) is 29.1 Å². The van der Waals surface area contributed by atoms with E-state index < -0.39 is 0 Å². The molecule has 0 unspecified atom stereocenters. The van der Waals surface area contributed by atoms with E-state index in [9.17, 15) is 4.79 Å². The Morgan fingerprint density at radius 3 is 2.82 bits per heavy atom. The molecule has 0 heterocycles. The summed E-state index contributed by atoms with van der Waals surface area (Å²) >= 11 is 0. The molecule has 0 aliphatic rings. The van der Waals surface area contributed by atoms with E-state index in [2.05, 4.69) is 11.4 Å². The zero-order chi connectivity index (χ0) is 7.40. The van der Waals surface area contributed by atoms with Crippen LogP contribution in [0, 0.1) is 6.07 Å². The summed E-state index contributed by atoms with van der Waals surface area (Å²) in [7, 11) is 0. The van der Waals surface area contributed by atoms with Crippen LogP contribution in [0.5, 0.6) is 0 Å². The molecule has 1 radical (unpaired) electrons. The van der Waals surface area contributed by atoms with Crippen molar-refractivity contribution in [1.82, 2.24) is 0 Å². The fourth-order valence-corrected chi connectivity index (χ4v) is 0.674. The van der Waals surface area contributed by atoms with Crippen LogP contribution in [0.15, 0.2) is 24.3 Å². The van der Waals surface area contributed by atoms with Gasteiger partial charge in [0.25, 0.3) is 0 Å². The molecule has 3 heteroatoms. The van der Waals surface area contributed by atoms with Crippen molar-refractivity contribution in [1.29, 1.82) is 0 Å². The Bertz CT molecular complexity index is 223. The van der Waals surface area contributed by atoms with Gasteiger partial charge in [-0.2, -0.15) is 24.3 Å². The SMILES string of the molecule is CC(=O)Nc1c[c-]ccc1.[Y]. The molecule has 55 valence electrons. The number of benzene rings is 1. The van der Waals surface area contributed by atoms with Gasteiger partial charge in [0.2, 0.25) is 5.91 Å². The van der Waals surface area contributed by atoms with E-state index in [1.54, 1.807) is 12.1 Å². The average Bonchev–Trinajstić information content (AvgIpc) is 1.88. The molecule has 11 heavy (non-hydrogen) atoms. The number of anilines is 1. The van der Waals surface area contributed by atoms with Crippen LogP contribution in [0.4, 0.5) is 5.69 Å². The molecule has 1 rings (SSSR count). The maximum absolute atomic E-state index is 10.5. The molecule has 0 saturated heterocycles. The minimum atomic E-state index is -0.0559. The Kier molecular flexibility index (Phi) is 5.34. The van der Waals surface area contributed by atoms with E-state index in [4.69, 9.17) is 0 Å². The monoisotopic (exact) mass is 223 g/mol. The third kappa shape index (κ3) is 4.28. The van der Waals surface area contributed by atoms with Gasteiger partial charge in [0.15, 0.2) is 0 Å². The van der Waals surface area contributed by atoms with Crippen molar-refractivity contribution in [3.8, 4) is 0 Å². The van der Waals surface area contributed by atoms with Crippen LogP contribution in [-0.2, 0) is 37.5 Å². The summed E-state index contributed by atoms with van der Waals surface area (Å²) < 4.78 is 0. The summed E-state index contributed by atoms with van der Waals surface area (Å²) in [5, 5.41) is 2.63. The second-order valence-corrected chi connectivity index (χ2v) is 1.97. The first kappa shape index (κ1) is 10.8. The number of nitrogens with one attached hydrogen (secondary N) is 1. The van der Waals surface area contributed by atoms with Crippen LogP contribution in [0.1, 0.15) is 6.92 Å². The molecule has 1 amide bonds. The first-order chi connectivity index (χ1) is 4.79. The van der Waals surface area contributed by atoms with Gasteiger partial charge in [-0.15, -0.1) is 6.07 Å². The molecule has 1 aromatic rings. The molecule has 0 spiro atoms. The standard InChI is InChI=1S/C8H8NO.Y/c1-7(10)9-8-5-3-2-4-6-8;/h2-3,5-6H,1H3,(H,9,10);/q-1;. The molecular weight excluding hydrogens is 215 g/mol. The second kappa shape index (κ2) is 5.45. The van der Waals surface area contributed by atoms with Gasteiger partial charge in [-0.05, 0) is 0 Å². The summed E-state index contributed by atoms with van der Waals surface area (Å²) in [6.45, 7) is 1.48. The number of hydrogen-bond donors (Lipinski definition) is 1. The van der Waals surface area contributed by atoms with Crippen LogP contribution in [0.2, 0.25) is 0 Å². The van der Waals surface area contributed by atoms with Gasteiger partial charge in [0.1, 0.15) is 0 Å². The van der Waals surface area contributed by atoms with Crippen LogP contribution in [0.3, 0.4) is 0 Å². The van der Waals surface area contributed by atoms with Crippen LogP contribution < -0.4 is 5.32 Å². The Morgan fingerprint density at radius 1 is 1.64 bits per heavy atom. The molecule has 1 aromatic carbocycles. The zero-order valence-electron chi connectivity index (χ0n) is 6.29. The first-order valence-electron chi connectivity index (χ1n) is 3.03. The Hall–Kier alpha value is -0.206. The third-order valence-corrected chi connectivity index (χ3v) is 1.03. The molecule has 0 aliphatic heterocycles. The molecule has 0 saturated carbocycles. The van der Waals surface area contributed by atoms with Crippen molar-refractivity contribution >= 4 is 11.6 Å². The van der Waals surface area contributed by atoms with Crippen molar-refractivity contribution in [2.75, 3.05) is 5.32 Å². The molecular formula is C8H8NOY-. The zero-order valence-corrected chi connectivity index (χ0v) is 9.13. The van der Waals surface area contributed by atoms with Crippen LogP contribution >= 0.6 is 0 Å². The molecule has 0 atom stereocenters. The summed E-state index contributed by atoms with van der Waals surface area (Å²) in [5.41, 5.74) is 0.787. The van der Waals surface area contributed by atoms with Gasteiger partial charge < -0.3 is 5.32 Å². The first-order valence-corrected chi connectivity index (χ1v) is 3.03. The molecule has 0 aromatic heterocycles. The van der Waals surface area contributed by atoms with Gasteiger partial charge in [-0.3, -0.25) is 4.79 Å². The quantitative estimate of drug-likeness (QED) is 0.717. The number of hydrogen-bond acceptors (Lipinski definition) is 1. The predicted molar refractivity (Wildman–Crippen MR) is 39.6 cm³/mol. The van der Waals surface area contributed by atoms with Crippen molar-refractivity contribution in [3.63, 3.8) is 0 Å². The van der Waals surface area contributed by atoms with Crippen LogP contribution in [-0.4, -0.2) is 5.91 Å². The molecule has 1 N–H and O–H groups in total. The molecule has 0 aliphatic carbocycles. The second-order valence-electron chi connectivity index (χ2n) is 1.97. The summed E-state index contributed by atoms with van der Waals surface area (Å²) in [6.07, 6.45) is 0. The van der Waals surface area contributed by atoms with E-state index in [1.165, 1.54) is 6.92 Å². The number of carbonyl (C=O) groups is 1. The smallest absolute Gasteiger partial charge is 0.210 e. The summed E-state index contributed by atoms with van der Waals surface area (Å²) in [5.74, 6) is -0.0559. The van der Waals surface area contributed by atoms with E-state index in [-0.39, 0.29) is 38.6 Å². The van der Waals surface area contributed by atoms with E-state index in [0.29, 0.717) is 0 Å². The molecule has 2 nitrogen and oxygen atoms in total. The minimum absolute atomic E-state index is 0. The minimum Gasteiger partial charge on any atom is -0.380 e. The maximum Gasteiger partial charge on any atom is 0.210 e. The Balaban J connectivity index is 0.000001000. The third-order valence-electron chi connectivity index (χ3n) is 1.03. The maximum atomic E-state index is 10.5. The number of rotatable bonds is 1. The normalized spacial score (nSPS) is 8.09. The van der Waals surface area contributed by atoms with Crippen molar-refractivity contribution in [2.24, 2.45) is 0 Å². The molecule has 0 bridgehead atoms. The fraction of sp³-hybridized carbons (Fsp3) is 0.125. The van der Waals surface area contributed by atoms with Gasteiger partial charge in [-0.25, -0.2) is 0 Å². The predicted octanol–water partition coefficient (Wildman–Crippen LogP) is 1.44. The van der Waals surface area contributed by atoms with Crippen LogP contribution in [0.25, 0.3) is 0 Å². The number of amides is 1. The summed E-state index contributed by atoms with van der Waals surface area (Å²) in [4.78, 5) is 10.5. The number of carbonyl (C=O) groups excluding carboxylic acids is 1. The summed E-state index contributed by atoms with van der Waals surface area (Å²) in [6, 6.07) is 10.0. The van der Waals surface area contributed by atoms with Crippen molar-refractivity contribution in [2.45, 2.75) is 6.92 Å². The largest absolute Gasteiger partial charge is 0.380 e. The fourth-order valence-electron chi connectivity index (χ4n) is 0.674. The van der Waals surface area contributed by atoms with E-state index >= 15 is 0 Å². The van der Waals surface area contributed by atoms with E-state index in [0.717, 1.165) is 5.69 Å². The molecule has 0 fully saturated rings. The van der Waals surface area contributed by atoms with Gasteiger partial charge >= 0.3 is 0 Å². The Labute approximate surface area is 91.3 Å².